The second-order valence-corrected chi connectivity index (χ2v) is 9.13. The number of carbonyl (C=O) groups is 2. The number of rotatable bonds is 12. The van der Waals surface area contributed by atoms with E-state index in [1.54, 1.807) is 18.2 Å². The zero-order valence-corrected chi connectivity index (χ0v) is 18.2. The number of hydrogen-bond acceptors (Lipinski definition) is 6. The molecular weight excluding hydrogens is 426 g/mol. The summed E-state index contributed by atoms with van der Waals surface area (Å²) in [6, 6.07) is 3.53. The van der Waals surface area contributed by atoms with Crippen molar-refractivity contribution in [2.24, 2.45) is 16.5 Å². The highest BCUT2D eigenvalue weighted by molar-refractivity contribution is 7.89. The van der Waals surface area contributed by atoms with Crippen LogP contribution in [0.5, 0.6) is 5.75 Å². The number of nitrogens with one attached hydrogen (secondary N) is 2. The summed E-state index contributed by atoms with van der Waals surface area (Å²) in [6.07, 6.45) is 1.33. The van der Waals surface area contributed by atoms with Crippen molar-refractivity contribution in [3.63, 3.8) is 0 Å². The molecule has 2 atom stereocenters. The third kappa shape index (κ3) is 7.72. The van der Waals surface area contributed by atoms with E-state index < -0.39 is 28.1 Å². The number of aliphatic imine (C=N–C) groups is 1. The van der Waals surface area contributed by atoms with Gasteiger partial charge in [0, 0.05) is 6.54 Å². The van der Waals surface area contributed by atoms with Gasteiger partial charge in [-0.3, -0.25) is 14.6 Å². The predicted octanol–water partition coefficient (Wildman–Crippen LogP) is 0.155. The van der Waals surface area contributed by atoms with Crippen LogP contribution in [0.2, 0.25) is 0 Å². The second kappa shape index (κ2) is 11.0. The number of anilines is 1. The number of carboxylic acids is 1. The summed E-state index contributed by atoms with van der Waals surface area (Å²) in [7, 11) is -3.71. The van der Waals surface area contributed by atoms with Gasteiger partial charge in [0.25, 0.3) is 5.91 Å². The van der Waals surface area contributed by atoms with Crippen LogP contribution in [-0.4, -0.2) is 55.8 Å². The Kier molecular flexibility index (Phi) is 8.63. The van der Waals surface area contributed by atoms with Gasteiger partial charge in [-0.25, -0.2) is 13.1 Å². The molecule has 0 fully saturated rings. The maximum Gasteiger partial charge on any atom is 0.322 e. The average molecular weight is 456 g/mol. The van der Waals surface area contributed by atoms with Gasteiger partial charge >= 0.3 is 5.97 Å². The van der Waals surface area contributed by atoms with Crippen molar-refractivity contribution in [2.75, 3.05) is 17.6 Å². The zero-order chi connectivity index (χ0) is 23.0. The molecule has 0 spiro atoms. The van der Waals surface area contributed by atoms with E-state index in [-0.39, 0.29) is 24.0 Å². The van der Waals surface area contributed by atoms with Crippen LogP contribution in [0, 0.1) is 0 Å². The first kappa shape index (κ1) is 24.4. The van der Waals surface area contributed by atoms with E-state index in [4.69, 9.17) is 16.2 Å². The predicted molar refractivity (Wildman–Crippen MR) is 116 cm³/mol. The minimum atomic E-state index is -3.71. The number of unbranched alkanes of at least 4 members (excludes halogenated alkanes) is 1. The Balaban J connectivity index is 2.04. The number of aliphatic carboxylic acids is 1. The number of carbonyl (C=O) groups excluding carboxylic acids is 1. The molecule has 31 heavy (non-hydrogen) atoms. The highest BCUT2D eigenvalue weighted by Crippen LogP contribution is 2.32. The molecule has 172 valence electrons. The first-order valence-electron chi connectivity index (χ1n) is 10.00. The van der Waals surface area contributed by atoms with Gasteiger partial charge < -0.3 is 26.6 Å². The molecule has 1 aliphatic rings. The number of carboxylic acid groups (broad SMARTS) is 1. The Labute approximate surface area is 181 Å². The SMILES string of the molecule is CCCCS(=O)(=O)N[C@H](Cc1ccc2c(c1)NC(=O)[C@@H](CCCN=C(N)N)O2)C(=O)O. The molecule has 7 N–H and O–H groups in total. The van der Waals surface area contributed by atoms with Crippen LogP contribution in [0.1, 0.15) is 38.2 Å². The van der Waals surface area contributed by atoms with Gasteiger partial charge in [0.1, 0.15) is 11.8 Å². The number of benzene rings is 1. The van der Waals surface area contributed by atoms with Gasteiger partial charge in [-0.15, -0.1) is 0 Å². The summed E-state index contributed by atoms with van der Waals surface area (Å²) in [5.41, 5.74) is 11.5. The molecular formula is C19H29N5O6S. The highest BCUT2D eigenvalue weighted by Gasteiger charge is 2.28. The summed E-state index contributed by atoms with van der Waals surface area (Å²) < 4.78 is 32.1. The first-order chi connectivity index (χ1) is 14.6. The van der Waals surface area contributed by atoms with E-state index >= 15 is 0 Å². The molecule has 0 aliphatic carbocycles. The quantitative estimate of drug-likeness (QED) is 0.167. The lowest BCUT2D eigenvalue weighted by Gasteiger charge is -2.26. The molecule has 0 saturated heterocycles. The third-order valence-electron chi connectivity index (χ3n) is 4.61. The molecule has 1 aromatic carbocycles. The largest absolute Gasteiger partial charge is 0.480 e. The third-order valence-corrected chi connectivity index (χ3v) is 6.08. The molecule has 1 aliphatic heterocycles. The monoisotopic (exact) mass is 455 g/mol. The number of sulfonamides is 1. The van der Waals surface area contributed by atoms with Crippen LogP contribution in [0.3, 0.4) is 0 Å². The van der Waals surface area contributed by atoms with Gasteiger partial charge in [-0.05, 0) is 43.4 Å². The minimum Gasteiger partial charge on any atom is -0.480 e. The van der Waals surface area contributed by atoms with Crippen LogP contribution in [0.15, 0.2) is 23.2 Å². The van der Waals surface area contributed by atoms with Gasteiger partial charge in [-0.2, -0.15) is 0 Å². The van der Waals surface area contributed by atoms with E-state index in [1.807, 2.05) is 6.92 Å². The fourth-order valence-corrected chi connectivity index (χ4v) is 4.43. The first-order valence-corrected chi connectivity index (χ1v) is 11.6. The van der Waals surface area contributed by atoms with E-state index in [0.717, 1.165) is 0 Å². The van der Waals surface area contributed by atoms with Crippen molar-refractivity contribution in [3.05, 3.63) is 23.8 Å². The number of fused-ring (bicyclic) bond motifs is 1. The number of nitrogens with zero attached hydrogens (tertiary/aromatic N) is 1. The standard InChI is InChI=1S/C19H29N5O6S/c1-2-3-9-31(28,29)24-14(18(26)27)11-12-6-7-15-13(10-12)23-17(25)16(30-15)5-4-8-22-19(20)21/h6-7,10,14,16,24H,2-5,8-9,11H2,1H3,(H,23,25)(H,26,27)(H4,20,21,22)/t14-,16-/m1/s1. The smallest absolute Gasteiger partial charge is 0.322 e. The summed E-state index contributed by atoms with van der Waals surface area (Å²) >= 11 is 0. The zero-order valence-electron chi connectivity index (χ0n) is 17.3. The maximum absolute atomic E-state index is 12.3. The van der Waals surface area contributed by atoms with Gasteiger partial charge in [0.05, 0.1) is 11.4 Å². The van der Waals surface area contributed by atoms with E-state index in [2.05, 4.69) is 15.0 Å². The van der Waals surface area contributed by atoms with Crippen molar-refractivity contribution in [1.29, 1.82) is 0 Å². The van der Waals surface area contributed by atoms with Gasteiger partial charge in [0.15, 0.2) is 12.1 Å². The van der Waals surface area contributed by atoms with Crippen LogP contribution in [0.4, 0.5) is 5.69 Å². The summed E-state index contributed by atoms with van der Waals surface area (Å²) in [6.45, 7) is 2.23. The normalized spacial score (nSPS) is 16.5. The Morgan fingerprint density at radius 2 is 2.10 bits per heavy atom. The van der Waals surface area contributed by atoms with E-state index in [0.29, 0.717) is 49.2 Å². The van der Waals surface area contributed by atoms with Crippen molar-refractivity contribution in [3.8, 4) is 5.75 Å². The molecule has 1 heterocycles. The highest BCUT2D eigenvalue weighted by atomic mass is 32.2. The topological polar surface area (TPSA) is 186 Å². The van der Waals surface area contributed by atoms with Crippen LogP contribution >= 0.6 is 0 Å². The number of guanidine groups is 1. The number of amides is 1. The summed E-state index contributed by atoms with van der Waals surface area (Å²) in [4.78, 5) is 27.7. The molecule has 0 unspecified atom stereocenters. The van der Waals surface area contributed by atoms with Crippen molar-refractivity contribution < 1.29 is 27.9 Å². The van der Waals surface area contributed by atoms with Gasteiger partial charge in [0.2, 0.25) is 10.0 Å². The Morgan fingerprint density at radius 1 is 1.35 bits per heavy atom. The lowest BCUT2D eigenvalue weighted by atomic mass is 10.0. The molecule has 1 aromatic rings. The molecule has 0 radical (unpaired) electrons. The van der Waals surface area contributed by atoms with Crippen molar-refractivity contribution >= 4 is 33.5 Å². The Hall–Kier alpha value is -2.86. The molecule has 2 rings (SSSR count). The Morgan fingerprint density at radius 3 is 2.74 bits per heavy atom. The lowest BCUT2D eigenvalue weighted by Crippen LogP contribution is -2.43. The number of hydrogen-bond donors (Lipinski definition) is 5. The second-order valence-electron chi connectivity index (χ2n) is 7.26. The molecule has 12 heteroatoms. The molecule has 0 aromatic heterocycles. The fourth-order valence-electron chi connectivity index (χ4n) is 3.02. The van der Waals surface area contributed by atoms with E-state index in [1.165, 1.54) is 0 Å². The van der Waals surface area contributed by atoms with Crippen molar-refractivity contribution in [2.45, 2.75) is 51.2 Å². The van der Waals surface area contributed by atoms with Crippen LogP contribution in [0.25, 0.3) is 0 Å². The molecule has 1 amide bonds. The maximum atomic E-state index is 12.3. The summed E-state index contributed by atoms with van der Waals surface area (Å²) in [5.74, 6) is -1.31. The molecule has 0 saturated carbocycles. The van der Waals surface area contributed by atoms with Crippen molar-refractivity contribution in [1.82, 2.24) is 4.72 Å². The number of nitrogens with two attached hydrogens (primary N) is 2. The van der Waals surface area contributed by atoms with Gasteiger partial charge in [-0.1, -0.05) is 19.4 Å². The van der Waals surface area contributed by atoms with Crippen LogP contribution in [-0.2, 0) is 26.0 Å². The fraction of sp³-hybridized carbons (Fsp3) is 0.526. The number of ether oxygens (including phenoxy) is 1. The minimum absolute atomic E-state index is 0.0146. The molecule has 0 bridgehead atoms. The van der Waals surface area contributed by atoms with E-state index in [9.17, 15) is 23.1 Å². The van der Waals surface area contributed by atoms with Crippen LogP contribution < -0.4 is 26.2 Å². The summed E-state index contributed by atoms with van der Waals surface area (Å²) in [5, 5.41) is 12.2. The molecule has 11 nitrogen and oxygen atoms in total. The lowest BCUT2D eigenvalue weighted by molar-refractivity contribution is -0.139. The Bertz CT molecular complexity index is 930. The average Bonchev–Trinajstić information content (AvgIpc) is 2.69.